The van der Waals surface area contributed by atoms with Gasteiger partial charge in [0.2, 0.25) is 5.56 Å². The van der Waals surface area contributed by atoms with Crippen molar-refractivity contribution in [2.24, 2.45) is 0 Å². The van der Waals surface area contributed by atoms with Crippen LogP contribution in [0.2, 0.25) is 10.0 Å². The van der Waals surface area contributed by atoms with Crippen LogP contribution in [-0.2, 0) is 4.74 Å². The van der Waals surface area contributed by atoms with E-state index in [0.29, 0.717) is 26.7 Å². The second kappa shape index (κ2) is 7.59. The van der Waals surface area contributed by atoms with E-state index < -0.39 is 5.97 Å². The van der Waals surface area contributed by atoms with Crippen LogP contribution in [0, 0.1) is 0 Å². The zero-order chi connectivity index (χ0) is 17.8. The fourth-order valence-corrected chi connectivity index (χ4v) is 2.79. The first kappa shape index (κ1) is 17.3. The summed E-state index contributed by atoms with van der Waals surface area (Å²) in [7, 11) is 0. The SMILES string of the molecule is O=C(OCCOc1ccc(Cl)cc1Cl)c1cc(=O)[nH]c2ccccc12. The highest BCUT2D eigenvalue weighted by Gasteiger charge is 2.13. The van der Waals surface area contributed by atoms with Gasteiger partial charge in [0.15, 0.2) is 0 Å². The molecule has 2 aromatic carbocycles. The molecule has 0 atom stereocenters. The van der Waals surface area contributed by atoms with E-state index >= 15 is 0 Å². The molecule has 0 bridgehead atoms. The van der Waals surface area contributed by atoms with Crippen LogP contribution in [0.1, 0.15) is 10.4 Å². The molecule has 5 nitrogen and oxygen atoms in total. The van der Waals surface area contributed by atoms with Gasteiger partial charge in [0, 0.05) is 22.0 Å². The van der Waals surface area contributed by atoms with Crippen molar-refractivity contribution in [3.63, 3.8) is 0 Å². The Morgan fingerprint density at radius 1 is 1.04 bits per heavy atom. The Hall–Kier alpha value is -2.50. The third kappa shape index (κ3) is 4.13. The summed E-state index contributed by atoms with van der Waals surface area (Å²) in [6.45, 7) is 0.132. The lowest BCUT2D eigenvalue weighted by molar-refractivity contribution is 0.0452. The van der Waals surface area contributed by atoms with E-state index in [0.717, 1.165) is 0 Å². The van der Waals surface area contributed by atoms with Crippen molar-refractivity contribution in [3.05, 3.63) is 74.5 Å². The number of hydrogen-bond acceptors (Lipinski definition) is 4. The van der Waals surface area contributed by atoms with Crippen molar-refractivity contribution in [1.29, 1.82) is 0 Å². The van der Waals surface area contributed by atoms with E-state index in [4.69, 9.17) is 32.7 Å². The van der Waals surface area contributed by atoms with Crippen molar-refractivity contribution in [2.75, 3.05) is 13.2 Å². The number of esters is 1. The molecule has 3 rings (SSSR count). The highest BCUT2D eigenvalue weighted by molar-refractivity contribution is 6.35. The number of H-pyrrole nitrogens is 1. The molecule has 0 saturated heterocycles. The van der Waals surface area contributed by atoms with Gasteiger partial charge < -0.3 is 14.5 Å². The lowest BCUT2D eigenvalue weighted by atomic mass is 10.1. The third-order valence-corrected chi connectivity index (χ3v) is 3.97. The maximum absolute atomic E-state index is 12.3. The van der Waals surface area contributed by atoms with E-state index in [2.05, 4.69) is 4.98 Å². The number of para-hydroxylation sites is 1. The summed E-state index contributed by atoms with van der Waals surface area (Å²) >= 11 is 11.8. The first-order valence-electron chi connectivity index (χ1n) is 7.41. The second-order valence-corrected chi connectivity index (χ2v) is 6.00. The van der Waals surface area contributed by atoms with Gasteiger partial charge in [-0.2, -0.15) is 0 Å². The summed E-state index contributed by atoms with van der Waals surface area (Å²) in [5.74, 6) is -0.142. The number of ether oxygens (including phenoxy) is 2. The molecule has 0 fully saturated rings. The van der Waals surface area contributed by atoms with Crippen LogP contribution in [0.15, 0.2) is 53.3 Å². The van der Waals surface area contributed by atoms with Gasteiger partial charge in [-0.15, -0.1) is 0 Å². The lowest BCUT2D eigenvalue weighted by Gasteiger charge is -2.10. The molecule has 0 aliphatic rings. The van der Waals surface area contributed by atoms with Gasteiger partial charge in [-0.05, 0) is 24.3 Å². The molecule has 0 aliphatic carbocycles. The minimum absolute atomic E-state index is 0.0128. The number of carbonyl (C=O) groups excluding carboxylic acids is 1. The number of halogens is 2. The van der Waals surface area contributed by atoms with Gasteiger partial charge in [0.25, 0.3) is 0 Å². The molecule has 0 unspecified atom stereocenters. The number of carbonyl (C=O) groups is 1. The number of hydrogen-bond donors (Lipinski definition) is 1. The summed E-state index contributed by atoms with van der Waals surface area (Å²) in [5.41, 5.74) is 0.421. The summed E-state index contributed by atoms with van der Waals surface area (Å²) in [6.07, 6.45) is 0. The Bertz CT molecular complexity index is 984. The zero-order valence-electron chi connectivity index (χ0n) is 12.9. The van der Waals surface area contributed by atoms with Gasteiger partial charge in [0.05, 0.1) is 10.6 Å². The predicted molar refractivity (Wildman–Crippen MR) is 96.8 cm³/mol. The minimum atomic E-state index is -0.590. The molecular formula is C18H13Cl2NO4. The zero-order valence-corrected chi connectivity index (χ0v) is 14.4. The Morgan fingerprint density at radius 2 is 1.84 bits per heavy atom. The van der Waals surface area contributed by atoms with Crippen molar-refractivity contribution in [1.82, 2.24) is 4.98 Å². The molecule has 3 aromatic rings. The fraction of sp³-hybridized carbons (Fsp3) is 0.111. The summed E-state index contributed by atoms with van der Waals surface area (Å²) in [5, 5.41) is 1.50. The molecule has 0 spiro atoms. The van der Waals surface area contributed by atoms with E-state index in [1.54, 1.807) is 42.5 Å². The van der Waals surface area contributed by atoms with Crippen molar-refractivity contribution in [2.45, 2.75) is 0 Å². The Labute approximate surface area is 153 Å². The van der Waals surface area contributed by atoms with Crippen LogP contribution in [0.4, 0.5) is 0 Å². The van der Waals surface area contributed by atoms with Gasteiger partial charge in [-0.1, -0.05) is 41.4 Å². The molecule has 7 heteroatoms. The molecule has 1 aromatic heterocycles. The fourth-order valence-electron chi connectivity index (χ4n) is 2.33. The normalized spacial score (nSPS) is 10.6. The summed E-state index contributed by atoms with van der Waals surface area (Å²) in [6, 6.07) is 13.1. The van der Waals surface area contributed by atoms with Gasteiger partial charge >= 0.3 is 5.97 Å². The Morgan fingerprint density at radius 3 is 2.64 bits per heavy atom. The van der Waals surface area contributed by atoms with Gasteiger partial charge in [-0.25, -0.2) is 4.79 Å². The molecule has 1 N–H and O–H groups in total. The molecule has 25 heavy (non-hydrogen) atoms. The summed E-state index contributed by atoms with van der Waals surface area (Å²) in [4.78, 5) is 26.6. The van der Waals surface area contributed by atoms with Gasteiger partial charge in [-0.3, -0.25) is 4.79 Å². The second-order valence-electron chi connectivity index (χ2n) is 5.15. The number of fused-ring (bicyclic) bond motifs is 1. The van der Waals surface area contributed by atoms with Crippen molar-refractivity contribution >= 4 is 40.1 Å². The van der Waals surface area contributed by atoms with E-state index in [1.807, 2.05) is 0 Å². The molecule has 0 radical (unpaired) electrons. The summed E-state index contributed by atoms with van der Waals surface area (Å²) < 4.78 is 10.6. The highest BCUT2D eigenvalue weighted by atomic mass is 35.5. The first-order valence-corrected chi connectivity index (χ1v) is 8.17. The minimum Gasteiger partial charge on any atom is -0.488 e. The van der Waals surface area contributed by atoms with E-state index in [-0.39, 0.29) is 24.3 Å². The van der Waals surface area contributed by atoms with E-state index in [1.165, 1.54) is 6.07 Å². The Kier molecular flexibility index (Phi) is 5.26. The molecular weight excluding hydrogens is 365 g/mol. The lowest BCUT2D eigenvalue weighted by Crippen LogP contribution is -2.16. The van der Waals surface area contributed by atoms with Crippen LogP contribution in [0.5, 0.6) is 5.75 Å². The van der Waals surface area contributed by atoms with Crippen LogP contribution in [-0.4, -0.2) is 24.2 Å². The number of pyridine rings is 1. The number of rotatable bonds is 5. The largest absolute Gasteiger partial charge is 0.488 e. The highest BCUT2D eigenvalue weighted by Crippen LogP contribution is 2.27. The van der Waals surface area contributed by atoms with Crippen LogP contribution >= 0.6 is 23.2 Å². The molecule has 1 heterocycles. The molecule has 0 amide bonds. The van der Waals surface area contributed by atoms with Crippen LogP contribution < -0.4 is 10.3 Å². The van der Waals surface area contributed by atoms with E-state index in [9.17, 15) is 9.59 Å². The monoisotopic (exact) mass is 377 g/mol. The maximum Gasteiger partial charge on any atom is 0.339 e. The van der Waals surface area contributed by atoms with Crippen molar-refractivity contribution < 1.29 is 14.3 Å². The molecule has 0 saturated carbocycles. The third-order valence-electron chi connectivity index (χ3n) is 3.44. The molecule has 0 aliphatic heterocycles. The molecule has 128 valence electrons. The Balaban J connectivity index is 1.64. The van der Waals surface area contributed by atoms with Crippen molar-refractivity contribution in [3.8, 4) is 5.75 Å². The van der Waals surface area contributed by atoms with Gasteiger partial charge in [0.1, 0.15) is 19.0 Å². The topological polar surface area (TPSA) is 68.4 Å². The predicted octanol–water partition coefficient (Wildman–Crippen LogP) is 4.07. The smallest absolute Gasteiger partial charge is 0.339 e. The van der Waals surface area contributed by atoms with Crippen LogP contribution in [0.25, 0.3) is 10.9 Å². The number of aromatic nitrogens is 1. The first-order chi connectivity index (χ1) is 12.0. The average Bonchev–Trinajstić information content (AvgIpc) is 2.59. The number of nitrogens with one attached hydrogen (secondary N) is 1. The average molecular weight is 378 g/mol. The standard InChI is InChI=1S/C18H13Cl2NO4/c19-11-5-6-16(14(20)9-11)24-7-8-25-18(23)13-10-17(22)21-15-4-2-1-3-12(13)15/h1-6,9-10H,7-8H2,(H,21,22). The number of aromatic amines is 1. The van der Waals surface area contributed by atoms with Crippen LogP contribution in [0.3, 0.4) is 0 Å². The quantitative estimate of drug-likeness (QED) is 0.537. The maximum atomic E-state index is 12.3. The number of benzene rings is 2.